The van der Waals surface area contributed by atoms with Gasteiger partial charge in [-0.05, 0) is 71.2 Å². The number of hydrogen-bond acceptors (Lipinski definition) is 5. The molecule has 4 aromatic rings. The predicted molar refractivity (Wildman–Crippen MR) is 164 cm³/mol. The molecule has 0 aromatic heterocycles. The summed E-state index contributed by atoms with van der Waals surface area (Å²) >= 11 is 27.2. The van der Waals surface area contributed by atoms with Gasteiger partial charge in [0.1, 0.15) is 23.0 Å². The summed E-state index contributed by atoms with van der Waals surface area (Å²) < 4.78 is 17.2. The normalized spacial score (nSPS) is 11.6. The van der Waals surface area contributed by atoms with E-state index in [2.05, 4.69) is 25.6 Å². The lowest BCUT2D eigenvalue weighted by atomic mass is 9.80. The Morgan fingerprint density at radius 2 is 1.27 bits per heavy atom. The van der Waals surface area contributed by atoms with Crippen molar-refractivity contribution < 1.29 is 24.3 Å². The molecule has 4 aromatic carbocycles. The highest BCUT2D eigenvalue weighted by molar-refractivity contribution is 9.10. The van der Waals surface area contributed by atoms with Crippen LogP contribution in [0.25, 0.3) is 9.69 Å². The molecule has 7 nitrogen and oxygen atoms in total. The fraction of sp³-hybridized carbons (Fsp3) is 0.0714. The van der Waals surface area contributed by atoms with Crippen LogP contribution in [0.3, 0.4) is 0 Å². The van der Waals surface area contributed by atoms with Gasteiger partial charge in [-0.25, -0.2) is 9.69 Å². The predicted octanol–water partition coefficient (Wildman–Crippen LogP) is 9.15. The number of hydrogen-bond donors (Lipinski definition) is 2. The van der Waals surface area contributed by atoms with Crippen LogP contribution < -0.4 is 14.9 Å². The Kier molecular flexibility index (Phi) is 10.4. The molecule has 206 valence electrons. The molecule has 2 N–H and O–H groups in total. The summed E-state index contributed by atoms with van der Waals surface area (Å²) in [6, 6.07) is 16.6. The number of halogens is 5. The summed E-state index contributed by atoms with van der Waals surface area (Å²) in [5.74, 6) is 1.99. The second kappa shape index (κ2) is 13.8. The third-order valence-corrected chi connectivity index (χ3v) is 7.57. The van der Waals surface area contributed by atoms with Crippen molar-refractivity contribution in [2.24, 2.45) is 0 Å². The Balaban J connectivity index is 0.000000189. The standard InChI is InChI=1S/C14H8BCl2NO3.C14H8BrCl2NO2/c1-18-14-12(16)5-10(6-13(14)17)21-9-2-3-11-8(4-9)7-20-15(11)19;1-18-14-12(16)5-10(6-13(14)17)20-9-2-3-11(15)8(4-9)7-19/h2-6,19H,7H2;2-6,19H,7H2. The van der Waals surface area contributed by atoms with Crippen molar-refractivity contribution >= 4 is 86.3 Å². The number of aliphatic hydroxyl groups excluding tert-OH is 1. The summed E-state index contributed by atoms with van der Waals surface area (Å²) in [6.45, 7) is 14.2. The third kappa shape index (κ3) is 7.47. The summed E-state index contributed by atoms with van der Waals surface area (Å²) in [5.41, 5.74) is 2.72. The van der Waals surface area contributed by atoms with Crippen molar-refractivity contribution in [2.75, 3.05) is 0 Å². The van der Waals surface area contributed by atoms with Crippen LogP contribution in [0.5, 0.6) is 23.0 Å². The molecule has 0 unspecified atom stereocenters. The summed E-state index contributed by atoms with van der Waals surface area (Å²) in [5, 5.41) is 19.7. The first kappa shape index (κ1) is 31.0. The molecule has 0 atom stereocenters. The van der Waals surface area contributed by atoms with Crippen LogP contribution in [0, 0.1) is 13.1 Å². The van der Waals surface area contributed by atoms with E-state index < -0.39 is 7.12 Å². The second-order valence-electron chi connectivity index (χ2n) is 8.33. The number of fused-ring (bicyclic) bond motifs is 1. The quantitative estimate of drug-likeness (QED) is 0.161. The van der Waals surface area contributed by atoms with Crippen LogP contribution in [0.15, 0.2) is 65.1 Å². The molecular formula is C28H16BBrCl4N2O5. The van der Waals surface area contributed by atoms with Gasteiger partial charge in [0.2, 0.25) is 11.4 Å². The van der Waals surface area contributed by atoms with Gasteiger partial charge >= 0.3 is 7.12 Å². The largest absolute Gasteiger partial charge is 0.491 e. The van der Waals surface area contributed by atoms with Gasteiger partial charge in [0.05, 0.1) is 46.4 Å². The van der Waals surface area contributed by atoms with Crippen LogP contribution >= 0.6 is 62.3 Å². The lowest BCUT2D eigenvalue weighted by Gasteiger charge is -2.10. The zero-order valence-corrected chi connectivity index (χ0v) is 25.3. The van der Waals surface area contributed by atoms with Gasteiger partial charge in [-0.3, -0.25) is 0 Å². The maximum absolute atomic E-state index is 9.57. The van der Waals surface area contributed by atoms with Crippen LogP contribution in [0.4, 0.5) is 11.4 Å². The highest BCUT2D eigenvalue weighted by atomic mass is 79.9. The van der Waals surface area contributed by atoms with Crippen LogP contribution in [-0.2, 0) is 17.9 Å². The minimum Gasteiger partial charge on any atom is -0.457 e. The van der Waals surface area contributed by atoms with E-state index in [1.807, 2.05) is 0 Å². The fourth-order valence-electron chi connectivity index (χ4n) is 3.69. The zero-order valence-electron chi connectivity index (χ0n) is 20.7. The first-order chi connectivity index (χ1) is 19.6. The number of benzene rings is 4. The van der Waals surface area contributed by atoms with Crippen LogP contribution in [0.2, 0.25) is 20.1 Å². The van der Waals surface area contributed by atoms with Gasteiger partial charge < -0.3 is 24.3 Å². The minimum atomic E-state index is -0.879. The second-order valence-corrected chi connectivity index (χ2v) is 10.8. The topological polar surface area (TPSA) is 76.9 Å². The van der Waals surface area contributed by atoms with E-state index >= 15 is 0 Å². The first-order valence-electron chi connectivity index (χ1n) is 11.5. The number of rotatable bonds is 5. The fourth-order valence-corrected chi connectivity index (χ4v) is 5.17. The number of ether oxygens (including phenoxy) is 2. The maximum Gasteiger partial charge on any atom is 0.491 e. The first-order valence-corrected chi connectivity index (χ1v) is 13.8. The molecule has 0 saturated heterocycles. The highest BCUT2D eigenvalue weighted by Gasteiger charge is 2.27. The van der Waals surface area contributed by atoms with Crippen molar-refractivity contribution in [3.63, 3.8) is 0 Å². The van der Waals surface area contributed by atoms with Crippen molar-refractivity contribution in [1.82, 2.24) is 0 Å². The average Bonchev–Trinajstić information content (AvgIpc) is 3.29. The molecule has 41 heavy (non-hydrogen) atoms. The minimum absolute atomic E-state index is 0.101. The number of aliphatic hydroxyl groups is 1. The molecule has 1 aliphatic rings. The molecule has 0 spiro atoms. The van der Waals surface area contributed by atoms with E-state index in [1.54, 1.807) is 48.5 Å². The Morgan fingerprint density at radius 1 is 0.780 bits per heavy atom. The Morgan fingerprint density at radius 3 is 1.76 bits per heavy atom. The van der Waals surface area contributed by atoms with Gasteiger partial charge in [0, 0.05) is 4.47 Å². The van der Waals surface area contributed by atoms with Gasteiger partial charge in [-0.1, -0.05) is 68.4 Å². The molecular weight excluding hydrogens is 677 g/mol. The van der Waals surface area contributed by atoms with Crippen molar-refractivity contribution in [2.45, 2.75) is 13.2 Å². The van der Waals surface area contributed by atoms with E-state index in [0.717, 1.165) is 15.5 Å². The van der Waals surface area contributed by atoms with Gasteiger partial charge in [-0.15, -0.1) is 0 Å². The molecule has 1 heterocycles. The average molecular weight is 693 g/mol. The van der Waals surface area contributed by atoms with E-state index in [0.29, 0.717) is 35.2 Å². The highest BCUT2D eigenvalue weighted by Crippen LogP contribution is 2.40. The lowest BCUT2D eigenvalue weighted by Crippen LogP contribution is -2.27. The molecule has 0 aliphatic carbocycles. The smallest absolute Gasteiger partial charge is 0.457 e. The molecule has 1 aliphatic heterocycles. The molecule has 13 heteroatoms. The molecule has 0 fully saturated rings. The lowest BCUT2D eigenvalue weighted by molar-refractivity contribution is 0.275. The van der Waals surface area contributed by atoms with Gasteiger partial charge in [-0.2, -0.15) is 0 Å². The summed E-state index contributed by atoms with van der Waals surface area (Å²) in [4.78, 5) is 6.51. The summed E-state index contributed by atoms with van der Waals surface area (Å²) in [7, 11) is -0.879. The molecule has 5 rings (SSSR count). The van der Waals surface area contributed by atoms with Gasteiger partial charge in [0.25, 0.3) is 0 Å². The Labute approximate surface area is 264 Å². The van der Waals surface area contributed by atoms with E-state index in [9.17, 15) is 10.1 Å². The SMILES string of the molecule is [C-]#[N+]c1c(Cl)cc(Oc2ccc(Br)c(CO)c2)cc1Cl.[C-]#[N+]c1c(Cl)cc(Oc2ccc3c(c2)COB3O)cc1Cl. The molecule has 0 saturated carbocycles. The maximum atomic E-state index is 9.57. The van der Waals surface area contributed by atoms with Crippen LogP contribution in [-0.4, -0.2) is 17.2 Å². The van der Waals surface area contributed by atoms with E-state index in [4.69, 9.17) is 73.7 Å². The van der Waals surface area contributed by atoms with Crippen LogP contribution in [0.1, 0.15) is 11.1 Å². The monoisotopic (exact) mass is 690 g/mol. The van der Waals surface area contributed by atoms with E-state index in [1.165, 1.54) is 12.1 Å². The molecule has 0 radical (unpaired) electrons. The number of nitrogens with zero attached hydrogens (tertiary/aromatic N) is 2. The van der Waals surface area contributed by atoms with Gasteiger partial charge in [0.15, 0.2) is 0 Å². The van der Waals surface area contributed by atoms with Crippen molar-refractivity contribution in [3.8, 4) is 23.0 Å². The Hall–Kier alpha value is -2.96. The molecule has 0 bridgehead atoms. The van der Waals surface area contributed by atoms with Crippen molar-refractivity contribution in [1.29, 1.82) is 0 Å². The Bertz CT molecular complexity index is 1660. The zero-order chi connectivity index (χ0) is 29.7. The third-order valence-electron chi connectivity index (χ3n) is 5.64. The van der Waals surface area contributed by atoms with E-state index in [-0.39, 0.29) is 38.1 Å². The summed E-state index contributed by atoms with van der Waals surface area (Å²) in [6.07, 6.45) is 0. The van der Waals surface area contributed by atoms with Crippen molar-refractivity contribution in [3.05, 3.63) is 119 Å². The molecule has 0 amide bonds.